The summed E-state index contributed by atoms with van der Waals surface area (Å²) in [5.74, 6) is -0.398. The Morgan fingerprint density at radius 3 is 2.75 bits per heavy atom. The van der Waals surface area contributed by atoms with Gasteiger partial charge in [-0.2, -0.15) is 0 Å². The molecule has 0 saturated heterocycles. The second kappa shape index (κ2) is 5.52. The van der Waals surface area contributed by atoms with Gasteiger partial charge in [-0.15, -0.1) is 0 Å². The molecule has 106 valence electrons. The fraction of sp³-hybridized carbons (Fsp3) is 0.231. The molecule has 20 heavy (non-hydrogen) atoms. The summed E-state index contributed by atoms with van der Waals surface area (Å²) in [5, 5.41) is 3.52. The molecule has 1 aromatic carbocycles. The van der Waals surface area contributed by atoms with Crippen molar-refractivity contribution in [3.63, 3.8) is 0 Å². The number of benzene rings is 1. The fourth-order valence-electron chi connectivity index (χ4n) is 1.66. The summed E-state index contributed by atoms with van der Waals surface area (Å²) in [6.45, 7) is 1.56. The van der Waals surface area contributed by atoms with E-state index in [-0.39, 0.29) is 22.3 Å². The van der Waals surface area contributed by atoms with Crippen LogP contribution in [0.3, 0.4) is 0 Å². The molecular formula is C13H13ClN2O4. The van der Waals surface area contributed by atoms with Crippen molar-refractivity contribution in [2.75, 3.05) is 12.4 Å². The van der Waals surface area contributed by atoms with Gasteiger partial charge in [-0.3, -0.25) is 4.79 Å². The fourth-order valence-corrected chi connectivity index (χ4v) is 1.94. The van der Waals surface area contributed by atoms with Gasteiger partial charge >= 0.3 is 11.6 Å². The zero-order valence-electron chi connectivity index (χ0n) is 10.9. The van der Waals surface area contributed by atoms with Crippen molar-refractivity contribution in [3.8, 4) is 5.95 Å². The second-order valence-corrected chi connectivity index (χ2v) is 4.61. The Bertz CT molecular complexity index is 724. The molecule has 7 heteroatoms. The number of hydrogen-bond donors (Lipinski definition) is 2. The normalized spacial score (nSPS) is 12.2. The van der Waals surface area contributed by atoms with E-state index in [9.17, 15) is 9.59 Å². The van der Waals surface area contributed by atoms with Crippen LogP contribution in [0.1, 0.15) is 6.92 Å². The average molecular weight is 297 g/mol. The van der Waals surface area contributed by atoms with Gasteiger partial charge in [-0.05, 0) is 19.1 Å². The van der Waals surface area contributed by atoms with Crippen LogP contribution in [0.15, 0.2) is 27.4 Å². The number of fused-ring (bicyclic) bond motifs is 1. The number of halogens is 1. The van der Waals surface area contributed by atoms with Gasteiger partial charge in [0, 0.05) is 11.1 Å². The number of amides is 1. The lowest BCUT2D eigenvalue weighted by Crippen LogP contribution is -2.32. The summed E-state index contributed by atoms with van der Waals surface area (Å²) in [5.41, 5.74) is 5.30. The number of carbonyl (C=O) groups excluding carboxylic acids is 1. The van der Waals surface area contributed by atoms with Crippen molar-refractivity contribution in [1.29, 1.82) is 0 Å². The molecule has 1 unspecified atom stereocenters. The smallest absolute Gasteiger partial charge is 0.346 e. The van der Waals surface area contributed by atoms with Gasteiger partial charge in [0.05, 0.1) is 18.5 Å². The predicted octanol–water partition coefficient (Wildman–Crippen LogP) is 1.74. The van der Waals surface area contributed by atoms with Crippen molar-refractivity contribution >= 4 is 34.0 Å². The molecule has 0 aliphatic rings. The maximum absolute atomic E-state index is 11.8. The van der Waals surface area contributed by atoms with Crippen molar-refractivity contribution in [3.05, 3.63) is 33.6 Å². The van der Waals surface area contributed by atoms with Crippen LogP contribution >= 0.6 is 11.6 Å². The summed E-state index contributed by atoms with van der Waals surface area (Å²) in [6.07, 6.45) is 0. The van der Waals surface area contributed by atoms with Crippen LogP contribution < -0.4 is 21.4 Å². The van der Waals surface area contributed by atoms with Gasteiger partial charge < -0.3 is 20.2 Å². The molecule has 2 aromatic rings. The molecule has 0 radical (unpaired) electrons. The number of methoxy groups -OCH3 is 1. The van der Waals surface area contributed by atoms with E-state index in [1.807, 2.05) is 0 Å². The standard InChI is InChI=1S/C13H13ClN2O4/c1-6(15)11(17)16-7-3-4-8-9(5-7)12(18)20-13(19-2)10(8)14/h3-6H,15H2,1-2H3,(H,16,17). The first-order valence-corrected chi connectivity index (χ1v) is 6.18. The van der Waals surface area contributed by atoms with E-state index >= 15 is 0 Å². The molecule has 3 N–H and O–H groups in total. The van der Waals surface area contributed by atoms with E-state index in [4.69, 9.17) is 26.5 Å². The Hall–Kier alpha value is -2.05. The van der Waals surface area contributed by atoms with Crippen LogP contribution in [0.4, 0.5) is 5.69 Å². The molecule has 1 atom stereocenters. The lowest BCUT2D eigenvalue weighted by molar-refractivity contribution is -0.117. The van der Waals surface area contributed by atoms with Gasteiger partial charge in [0.2, 0.25) is 5.91 Å². The van der Waals surface area contributed by atoms with Crippen molar-refractivity contribution in [2.24, 2.45) is 5.73 Å². The van der Waals surface area contributed by atoms with Gasteiger partial charge in [0.25, 0.3) is 0 Å². The Balaban J connectivity index is 2.53. The molecule has 0 saturated carbocycles. The Labute approximate surface area is 119 Å². The Morgan fingerprint density at radius 2 is 2.15 bits per heavy atom. The molecule has 2 rings (SSSR count). The summed E-state index contributed by atoms with van der Waals surface area (Å²) >= 11 is 6.06. The highest BCUT2D eigenvalue weighted by Gasteiger charge is 2.14. The summed E-state index contributed by atoms with van der Waals surface area (Å²) in [6, 6.07) is 4.05. The average Bonchev–Trinajstić information content (AvgIpc) is 2.42. The predicted molar refractivity (Wildman–Crippen MR) is 76.3 cm³/mol. The molecule has 0 aliphatic carbocycles. The molecule has 0 bridgehead atoms. The monoisotopic (exact) mass is 296 g/mol. The van der Waals surface area contributed by atoms with Crippen molar-refractivity contribution in [1.82, 2.24) is 0 Å². The van der Waals surface area contributed by atoms with Gasteiger partial charge in [0.15, 0.2) is 0 Å². The summed E-state index contributed by atoms with van der Waals surface area (Å²) < 4.78 is 9.81. The lowest BCUT2D eigenvalue weighted by atomic mass is 10.1. The van der Waals surface area contributed by atoms with E-state index in [1.54, 1.807) is 19.1 Å². The lowest BCUT2D eigenvalue weighted by Gasteiger charge is -2.09. The topological polar surface area (TPSA) is 94.6 Å². The van der Waals surface area contributed by atoms with Gasteiger partial charge in [0.1, 0.15) is 5.02 Å². The number of anilines is 1. The van der Waals surface area contributed by atoms with Crippen LogP contribution in [-0.4, -0.2) is 19.1 Å². The number of carbonyl (C=O) groups is 1. The van der Waals surface area contributed by atoms with Crippen molar-refractivity contribution < 1.29 is 13.9 Å². The zero-order valence-corrected chi connectivity index (χ0v) is 11.7. The van der Waals surface area contributed by atoms with Gasteiger partial charge in [-0.25, -0.2) is 4.79 Å². The molecular weight excluding hydrogens is 284 g/mol. The maximum Gasteiger partial charge on any atom is 0.346 e. The largest absolute Gasteiger partial charge is 0.467 e. The number of nitrogens with one attached hydrogen (secondary N) is 1. The van der Waals surface area contributed by atoms with E-state index in [0.717, 1.165) is 0 Å². The quantitative estimate of drug-likeness (QED) is 0.899. The molecule has 0 spiro atoms. The summed E-state index contributed by atoms with van der Waals surface area (Å²) in [4.78, 5) is 23.4. The highest BCUT2D eigenvalue weighted by Crippen LogP contribution is 2.31. The van der Waals surface area contributed by atoms with E-state index < -0.39 is 11.7 Å². The third-order valence-corrected chi connectivity index (χ3v) is 3.06. The maximum atomic E-state index is 11.8. The van der Waals surface area contributed by atoms with Crippen molar-refractivity contribution in [2.45, 2.75) is 13.0 Å². The minimum absolute atomic E-state index is 0.0449. The van der Waals surface area contributed by atoms with E-state index in [2.05, 4.69) is 5.32 Å². The van der Waals surface area contributed by atoms with Crippen LogP contribution in [0.2, 0.25) is 5.02 Å². The van der Waals surface area contributed by atoms with Crippen LogP contribution in [0.5, 0.6) is 5.95 Å². The minimum Gasteiger partial charge on any atom is -0.467 e. The third-order valence-electron chi connectivity index (χ3n) is 2.71. The Kier molecular flexibility index (Phi) is 3.96. The van der Waals surface area contributed by atoms with Crippen LogP contribution in [-0.2, 0) is 4.79 Å². The molecule has 1 heterocycles. The molecule has 6 nitrogen and oxygen atoms in total. The third kappa shape index (κ3) is 2.61. The second-order valence-electron chi connectivity index (χ2n) is 4.23. The molecule has 0 fully saturated rings. The highest BCUT2D eigenvalue weighted by atomic mass is 35.5. The zero-order chi connectivity index (χ0) is 14.9. The minimum atomic E-state index is -0.651. The number of ether oxygens (including phenoxy) is 1. The number of rotatable bonds is 3. The Morgan fingerprint density at radius 1 is 1.45 bits per heavy atom. The SMILES string of the molecule is COc1oc(=O)c2cc(NC(=O)C(C)N)ccc2c1Cl. The first-order chi connectivity index (χ1) is 9.43. The number of nitrogens with two attached hydrogens (primary N) is 1. The first-order valence-electron chi connectivity index (χ1n) is 5.81. The van der Waals surface area contributed by atoms with E-state index in [0.29, 0.717) is 11.1 Å². The van der Waals surface area contributed by atoms with Crippen LogP contribution in [0.25, 0.3) is 10.8 Å². The highest BCUT2D eigenvalue weighted by molar-refractivity contribution is 6.36. The molecule has 1 amide bonds. The molecule has 0 aliphatic heterocycles. The van der Waals surface area contributed by atoms with E-state index in [1.165, 1.54) is 13.2 Å². The van der Waals surface area contributed by atoms with Crippen LogP contribution in [0, 0.1) is 0 Å². The van der Waals surface area contributed by atoms with Gasteiger partial charge in [-0.1, -0.05) is 17.7 Å². The number of hydrogen-bond acceptors (Lipinski definition) is 5. The first kappa shape index (κ1) is 14.4. The molecule has 1 aromatic heterocycles. The summed E-state index contributed by atoms with van der Waals surface area (Å²) in [7, 11) is 1.35.